The fraction of sp³-hybridized carbons (Fsp3) is 0.333. The van der Waals surface area contributed by atoms with E-state index in [0.29, 0.717) is 21.9 Å². The molecular weight excluding hydrogens is 449 g/mol. The molecule has 1 amide bonds. The Morgan fingerprint density at radius 1 is 1.10 bits per heavy atom. The van der Waals surface area contributed by atoms with E-state index in [1.807, 2.05) is 0 Å². The zero-order valence-electron chi connectivity index (χ0n) is 16.6. The monoisotopic (exact) mass is 469 g/mol. The lowest BCUT2D eigenvalue weighted by atomic mass is 10.1. The average molecular weight is 470 g/mol. The number of hydrogen-bond acceptors (Lipinski definition) is 5. The van der Waals surface area contributed by atoms with Gasteiger partial charge in [-0.15, -0.1) is 0 Å². The highest BCUT2D eigenvalue weighted by molar-refractivity contribution is 7.92. The zero-order chi connectivity index (χ0) is 22.3. The number of ether oxygens (including phenoxy) is 1. The Balaban J connectivity index is 2.06. The van der Waals surface area contributed by atoms with Gasteiger partial charge in [0.25, 0.3) is 0 Å². The highest BCUT2D eigenvalue weighted by Gasteiger charge is 2.73. The van der Waals surface area contributed by atoms with Crippen molar-refractivity contribution in [3.8, 4) is 0 Å². The second-order valence-corrected chi connectivity index (χ2v) is 11.1. The van der Waals surface area contributed by atoms with Crippen LogP contribution >= 0.6 is 23.2 Å². The summed E-state index contributed by atoms with van der Waals surface area (Å²) in [6.07, 6.45) is -0.420. The molecule has 0 saturated heterocycles. The van der Waals surface area contributed by atoms with Gasteiger partial charge < -0.3 is 14.8 Å². The van der Waals surface area contributed by atoms with Gasteiger partial charge in [0.1, 0.15) is 22.7 Å². The molecule has 6 nitrogen and oxygen atoms in total. The molecule has 1 saturated carbocycles. The third-order valence-electron chi connectivity index (χ3n) is 4.78. The summed E-state index contributed by atoms with van der Waals surface area (Å²) in [7, 11) is -4.00. The van der Waals surface area contributed by atoms with E-state index in [1.54, 1.807) is 45.0 Å². The molecule has 1 aliphatic rings. The molecular formula is C21H21Cl2NO5S. The molecule has 1 N–H and O–H groups in total. The summed E-state index contributed by atoms with van der Waals surface area (Å²) in [4.78, 5) is 24.7. The van der Waals surface area contributed by atoms with Crippen LogP contribution in [0, 0.1) is 0 Å². The first-order valence-electron chi connectivity index (χ1n) is 9.13. The molecule has 0 radical (unpaired) electrons. The van der Waals surface area contributed by atoms with Crippen molar-refractivity contribution in [2.24, 2.45) is 0 Å². The minimum absolute atomic E-state index is 0.00126. The second kappa shape index (κ2) is 7.87. The normalized spacial score (nSPS) is 23.5. The molecule has 2 aromatic rings. The molecule has 0 unspecified atom stereocenters. The summed E-state index contributed by atoms with van der Waals surface area (Å²) in [6, 6.07) is 12.2. The van der Waals surface area contributed by atoms with E-state index in [9.17, 15) is 18.0 Å². The molecule has 1 aliphatic carbocycles. The Labute approximate surface area is 185 Å². The number of carbonyl (C=O) groups excluding carboxylic acids is 2. The van der Waals surface area contributed by atoms with Crippen LogP contribution in [0.3, 0.4) is 0 Å². The van der Waals surface area contributed by atoms with Crippen molar-refractivity contribution >= 4 is 45.4 Å². The van der Waals surface area contributed by atoms with Crippen LogP contribution < -0.4 is 5.32 Å². The van der Waals surface area contributed by atoms with Crippen molar-refractivity contribution in [1.29, 1.82) is 0 Å². The van der Waals surface area contributed by atoms with Crippen molar-refractivity contribution in [2.75, 3.05) is 0 Å². The maximum atomic E-state index is 13.4. The van der Waals surface area contributed by atoms with E-state index < -0.39 is 38.2 Å². The van der Waals surface area contributed by atoms with Gasteiger partial charge in [-0.3, -0.25) is 0 Å². The summed E-state index contributed by atoms with van der Waals surface area (Å²) >= 11 is 12.0. The Morgan fingerprint density at radius 2 is 1.73 bits per heavy atom. The third-order valence-corrected chi connectivity index (χ3v) is 7.52. The topological polar surface area (TPSA) is 89.5 Å². The van der Waals surface area contributed by atoms with Crippen molar-refractivity contribution in [3.05, 3.63) is 64.1 Å². The van der Waals surface area contributed by atoms with Crippen LogP contribution in [-0.2, 0) is 19.4 Å². The zero-order valence-corrected chi connectivity index (χ0v) is 18.9. The molecule has 0 aliphatic heterocycles. The van der Waals surface area contributed by atoms with E-state index in [1.165, 1.54) is 24.3 Å². The van der Waals surface area contributed by atoms with Crippen LogP contribution in [0.2, 0.25) is 10.0 Å². The van der Waals surface area contributed by atoms with Gasteiger partial charge >= 0.3 is 6.09 Å². The number of carbonyl (C=O) groups is 2. The highest BCUT2D eigenvalue weighted by atomic mass is 35.5. The second-order valence-electron chi connectivity index (χ2n) is 8.13. The molecule has 0 heterocycles. The molecule has 3 atom stereocenters. The SMILES string of the molecule is CC(C)(C)OC(=O)N[C@@]1(C=O)[C@@H](c2cccc(Cl)c2)[C@@H]1S(=O)(=O)c1ccc(Cl)cc1. The minimum Gasteiger partial charge on any atom is -0.444 e. The van der Waals surface area contributed by atoms with Crippen LogP contribution in [0.4, 0.5) is 4.79 Å². The molecule has 0 bridgehead atoms. The smallest absolute Gasteiger partial charge is 0.408 e. The lowest BCUT2D eigenvalue weighted by molar-refractivity contribution is -0.110. The molecule has 160 valence electrons. The summed E-state index contributed by atoms with van der Waals surface area (Å²) in [6.45, 7) is 5.01. The summed E-state index contributed by atoms with van der Waals surface area (Å²) < 4.78 is 32.0. The Bertz CT molecular complexity index is 1080. The predicted molar refractivity (Wildman–Crippen MR) is 115 cm³/mol. The van der Waals surface area contributed by atoms with Crippen LogP contribution in [0.5, 0.6) is 0 Å². The molecule has 1 fully saturated rings. The van der Waals surface area contributed by atoms with Crippen LogP contribution in [0.15, 0.2) is 53.4 Å². The first-order chi connectivity index (χ1) is 13.9. The first-order valence-corrected chi connectivity index (χ1v) is 11.4. The summed E-state index contributed by atoms with van der Waals surface area (Å²) in [5.74, 6) is -0.832. The standard InChI is InChI=1S/C21H21Cl2NO5S/c1-20(2,3)29-19(26)24-21(12-25)17(13-5-4-6-15(23)11-13)18(21)30(27,28)16-9-7-14(22)8-10-16/h4-12,17-18H,1-3H3,(H,24,26)/t17-,18-,21-/m0/s1. The van der Waals surface area contributed by atoms with Crippen LogP contribution in [0.1, 0.15) is 32.3 Å². The number of rotatable bonds is 5. The molecule has 0 spiro atoms. The largest absolute Gasteiger partial charge is 0.444 e. The fourth-order valence-electron chi connectivity index (χ4n) is 3.53. The molecule has 30 heavy (non-hydrogen) atoms. The van der Waals surface area contributed by atoms with Gasteiger partial charge in [0.2, 0.25) is 0 Å². The molecule has 2 aromatic carbocycles. The Kier molecular flexibility index (Phi) is 5.93. The van der Waals surface area contributed by atoms with Crippen molar-refractivity contribution in [2.45, 2.75) is 48.0 Å². The fourth-order valence-corrected chi connectivity index (χ4v) is 6.10. The lowest BCUT2D eigenvalue weighted by Crippen LogP contribution is -2.45. The number of halogens is 2. The van der Waals surface area contributed by atoms with E-state index in [0.717, 1.165) is 0 Å². The number of alkyl carbamates (subject to hydrolysis) is 1. The van der Waals surface area contributed by atoms with Gasteiger partial charge in [-0.05, 0) is 62.7 Å². The highest BCUT2D eigenvalue weighted by Crippen LogP contribution is 2.56. The number of aldehydes is 1. The van der Waals surface area contributed by atoms with E-state index in [2.05, 4.69) is 5.32 Å². The summed E-state index contributed by atoms with van der Waals surface area (Å²) in [5, 5.41) is 2.04. The van der Waals surface area contributed by atoms with Gasteiger partial charge in [0.05, 0.1) is 4.90 Å². The number of hydrogen-bond donors (Lipinski definition) is 1. The van der Waals surface area contributed by atoms with Crippen molar-refractivity contribution in [3.63, 3.8) is 0 Å². The quantitative estimate of drug-likeness (QED) is 0.655. The minimum atomic E-state index is -4.00. The van der Waals surface area contributed by atoms with Gasteiger partial charge in [-0.2, -0.15) is 0 Å². The Hall–Kier alpha value is -2.09. The van der Waals surface area contributed by atoms with Gasteiger partial charge in [0, 0.05) is 16.0 Å². The maximum Gasteiger partial charge on any atom is 0.408 e. The maximum absolute atomic E-state index is 13.4. The van der Waals surface area contributed by atoms with Crippen LogP contribution in [-0.4, -0.2) is 37.2 Å². The van der Waals surface area contributed by atoms with E-state index >= 15 is 0 Å². The average Bonchev–Trinajstić information content (AvgIpc) is 3.30. The van der Waals surface area contributed by atoms with E-state index in [-0.39, 0.29) is 4.90 Å². The Morgan fingerprint density at radius 3 is 2.27 bits per heavy atom. The molecule has 3 rings (SSSR count). The number of nitrogens with one attached hydrogen (secondary N) is 1. The van der Waals surface area contributed by atoms with Crippen molar-refractivity contribution < 1.29 is 22.7 Å². The molecule has 0 aromatic heterocycles. The predicted octanol–water partition coefficient (Wildman–Crippen LogP) is 4.40. The number of sulfone groups is 1. The van der Waals surface area contributed by atoms with Gasteiger partial charge in [-0.1, -0.05) is 35.3 Å². The number of amides is 1. The van der Waals surface area contributed by atoms with Gasteiger partial charge in [-0.25, -0.2) is 13.2 Å². The van der Waals surface area contributed by atoms with Crippen LogP contribution in [0.25, 0.3) is 0 Å². The van der Waals surface area contributed by atoms with Crippen molar-refractivity contribution in [1.82, 2.24) is 5.32 Å². The summed E-state index contributed by atoms with van der Waals surface area (Å²) in [5.41, 5.74) is -1.99. The van der Waals surface area contributed by atoms with E-state index in [4.69, 9.17) is 27.9 Å². The molecule has 9 heteroatoms. The first kappa shape index (κ1) is 22.6. The van der Waals surface area contributed by atoms with Gasteiger partial charge in [0.15, 0.2) is 9.84 Å². The lowest BCUT2D eigenvalue weighted by Gasteiger charge is -2.22. The number of benzene rings is 2. The third kappa shape index (κ3) is 4.33.